The largest absolute Gasteiger partial charge is 0.463 e. The zero-order valence-corrected chi connectivity index (χ0v) is 10.6. The summed E-state index contributed by atoms with van der Waals surface area (Å²) in [6.07, 6.45) is 1.94. The van der Waals surface area contributed by atoms with E-state index in [1.54, 1.807) is 6.92 Å². The molecule has 0 N–H and O–H groups in total. The summed E-state index contributed by atoms with van der Waals surface area (Å²) >= 11 is 0. The highest BCUT2D eigenvalue weighted by atomic mass is 16.5. The van der Waals surface area contributed by atoms with E-state index >= 15 is 0 Å². The van der Waals surface area contributed by atoms with Gasteiger partial charge in [-0.15, -0.1) is 0 Å². The van der Waals surface area contributed by atoms with Gasteiger partial charge in [0.05, 0.1) is 6.61 Å². The van der Waals surface area contributed by atoms with Crippen LogP contribution in [0.4, 0.5) is 0 Å². The Morgan fingerprint density at radius 1 is 1.19 bits per heavy atom. The summed E-state index contributed by atoms with van der Waals surface area (Å²) in [7, 11) is 0. The van der Waals surface area contributed by atoms with Crippen LogP contribution < -0.4 is 0 Å². The lowest BCUT2D eigenvalue weighted by Crippen LogP contribution is -2.28. The average Bonchev–Trinajstić information content (AvgIpc) is 2.13. The first-order valence-corrected chi connectivity index (χ1v) is 5.32. The molecule has 0 fully saturated rings. The maximum absolute atomic E-state index is 11.3. The van der Waals surface area contributed by atoms with E-state index in [9.17, 15) is 9.59 Å². The van der Waals surface area contributed by atoms with Crippen LogP contribution >= 0.6 is 0 Å². The number of carbonyl (C=O) groups excluding carboxylic acids is 2. The van der Waals surface area contributed by atoms with Gasteiger partial charge in [0, 0.05) is 12.2 Å². The highest BCUT2D eigenvalue weighted by Gasteiger charge is 2.22. The molecule has 0 aliphatic carbocycles. The first kappa shape index (κ1) is 14.7. The van der Waals surface area contributed by atoms with Crippen molar-refractivity contribution >= 4 is 11.9 Å². The molecule has 0 saturated heterocycles. The Labute approximate surface area is 96.6 Å². The van der Waals surface area contributed by atoms with Crippen LogP contribution in [0.3, 0.4) is 0 Å². The van der Waals surface area contributed by atoms with Crippen molar-refractivity contribution in [3.63, 3.8) is 0 Å². The molecule has 0 amide bonds. The van der Waals surface area contributed by atoms with Gasteiger partial charge in [-0.3, -0.25) is 0 Å². The van der Waals surface area contributed by atoms with E-state index in [0.29, 0.717) is 0 Å². The zero-order valence-electron chi connectivity index (χ0n) is 10.6. The van der Waals surface area contributed by atoms with Crippen molar-refractivity contribution in [2.24, 2.45) is 5.41 Å². The normalized spacial score (nSPS) is 13.6. The molecule has 0 heterocycles. The molecule has 0 aromatic carbocycles. The van der Waals surface area contributed by atoms with Gasteiger partial charge in [-0.25, -0.2) is 9.59 Å². The molecule has 0 spiro atoms. The van der Waals surface area contributed by atoms with Crippen LogP contribution in [0.5, 0.6) is 0 Å². The monoisotopic (exact) mass is 228 g/mol. The van der Waals surface area contributed by atoms with Crippen LogP contribution in [-0.2, 0) is 19.1 Å². The fourth-order valence-corrected chi connectivity index (χ4v) is 0.717. The lowest BCUT2D eigenvalue weighted by atomic mass is 9.90. The van der Waals surface area contributed by atoms with Crippen LogP contribution in [0.2, 0.25) is 0 Å². The van der Waals surface area contributed by atoms with Gasteiger partial charge in [-0.05, 0) is 19.3 Å². The van der Waals surface area contributed by atoms with Crippen LogP contribution in [-0.4, -0.2) is 24.6 Å². The minimum Gasteiger partial charge on any atom is -0.463 e. The summed E-state index contributed by atoms with van der Waals surface area (Å²) in [4.78, 5) is 22.2. The minimum absolute atomic E-state index is 0.118. The Hall–Kier alpha value is -1.32. The van der Waals surface area contributed by atoms with Crippen LogP contribution in [0.1, 0.15) is 34.6 Å². The molecule has 4 nitrogen and oxygen atoms in total. The third-order valence-corrected chi connectivity index (χ3v) is 2.15. The third kappa shape index (κ3) is 6.22. The molecule has 0 bridgehead atoms. The summed E-state index contributed by atoms with van der Waals surface area (Å²) in [6.45, 7) is 9.72. The first-order valence-electron chi connectivity index (χ1n) is 5.32. The Morgan fingerprint density at radius 3 is 2.12 bits per heavy atom. The summed E-state index contributed by atoms with van der Waals surface area (Å²) in [6, 6.07) is 0. The van der Waals surface area contributed by atoms with Crippen LogP contribution in [0.15, 0.2) is 12.2 Å². The van der Waals surface area contributed by atoms with E-state index in [2.05, 4.69) is 4.74 Å². The summed E-state index contributed by atoms with van der Waals surface area (Å²) in [5.74, 6) is -1.07. The Bertz CT molecular complexity index is 273. The molecule has 16 heavy (non-hydrogen) atoms. The van der Waals surface area contributed by atoms with Gasteiger partial charge in [0.15, 0.2) is 0 Å². The standard InChI is InChI=1S/C12H20O4/c1-6-15-10(13)7-8-11(14)16-9(2)12(3,4)5/h7-9H,6H2,1-5H3/b8-7+. The van der Waals surface area contributed by atoms with Crippen molar-refractivity contribution in [3.05, 3.63) is 12.2 Å². The van der Waals surface area contributed by atoms with Gasteiger partial charge < -0.3 is 9.47 Å². The maximum atomic E-state index is 11.3. The lowest BCUT2D eigenvalue weighted by Gasteiger charge is -2.26. The molecule has 1 atom stereocenters. The number of esters is 2. The molecular weight excluding hydrogens is 208 g/mol. The molecule has 0 aromatic heterocycles. The predicted octanol–water partition coefficient (Wildman–Crippen LogP) is 2.08. The summed E-state index contributed by atoms with van der Waals surface area (Å²) in [5.41, 5.74) is -0.118. The van der Waals surface area contributed by atoms with Gasteiger partial charge >= 0.3 is 11.9 Å². The molecule has 0 aromatic rings. The third-order valence-electron chi connectivity index (χ3n) is 2.15. The Morgan fingerprint density at radius 2 is 1.69 bits per heavy atom. The maximum Gasteiger partial charge on any atom is 0.331 e. The number of ether oxygens (including phenoxy) is 2. The zero-order chi connectivity index (χ0) is 12.8. The van der Waals surface area contributed by atoms with Crippen molar-refractivity contribution < 1.29 is 19.1 Å². The molecule has 0 saturated carbocycles. The van der Waals surface area contributed by atoms with Gasteiger partial charge in [-0.2, -0.15) is 0 Å². The van der Waals surface area contributed by atoms with E-state index in [0.717, 1.165) is 12.2 Å². The smallest absolute Gasteiger partial charge is 0.331 e. The molecule has 0 radical (unpaired) electrons. The second kappa shape index (κ2) is 6.30. The Kier molecular flexibility index (Phi) is 5.78. The highest BCUT2D eigenvalue weighted by Crippen LogP contribution is 2.21. The molecule has 92 valence electrons. The predicted molar refractivity (Wildman–Crippen MR) is 60.8 cm³/mol. The van der Waals surface area contributed by atoms with E-state index in [1.807, 2.05) is 27.7 Å². The molecule has 0 rings (SSSR count). The van der Waals surface area contributed by atoms with Crippen LogP contribution in [0.25, 0.3) is 0 Å². The first-order chi connectivity index (χ1) is 7.27. The van der Waals surface area contributed by atoms with Gasteiger partial charge in [0.2, 0.25) is 0 Å². The summed E-state index contributed by atoms with van der Waals surface area (Å²) < 4.78 is 9.74. The molecule has 1 unspecified atom stereocenters. The fraction of sp³-hybridized carbons (Fsp3) is 0.667. The van der Waals surface area contributed by atoms with E-state index in [4.69, 9.17) is 4.74 Å². The van der Waals surface area contributed by atoms with Crippen molar-refractivity contribution in [3.8, 4) is 0 Å². The molecular formula is C12H20O4. The van der Waals surface area contributed by atoms with E-state index in [-0.39, 0.29) is 18.1 Å². The van der Waals surface area contributed by atoms with Crippen molar-refractivity contribution in [1.29, 1.82) is 0 Å². The van der Waals surface area contributed by atoms with Crippen molar-refractivity contribution in [2.45, 2.75) is 40.7 Å². The quantitative estimate of drug-likeness (QED) is 0.546. The van der Waals surface area contributed by atoms with Crippen molar-refractivity contribution in [1.82, 2.24) is 0 Å². The topological polar surface area (TPSA) is 52.6 Å². The second-order valence-corrected chi connectivity index (χ2v) is 4.53. The second-order valence-electron chi connectivity index (χ2n) is 4.53. The average molecular weight is 228 g/mol. The number of rotatable bonds is 4. The SMILES string of the molecule is CCOC(=O)/C=C/C(=O)OC(C)C(C)(C)C. The number of hydrogen-bond acceptors (Lipinski definition) is 4. The lowest BCUT2D eigenvalue weighted by molar-refractivity contribution is -0.147. The minimum atomic E-state index is -0.539. The van der Waals surface area contributed by atoms with E-state index < -0.39 is 11.9 Å². The number of carbonyl (C=O) groups is 2. The van der Waals surface area contributed by atoms with Crippen LogP contribution in [0, 0.1) is 5.41 Å². The fourth-order valence-electron chi connectivity index (χ4n) is 0.717. The Balaban J connectivity index is 4.14. The van der Waals surface area contributed by atoms with Gasteiger partial charge in [-0.1, -0.05) is 20.8 Å². The summed E-state index contributed by atoms with van der Waals surface area (Å²) in [5, 5.41) is 0. The number of hydrogen-bond donors (Lipinski definition) is 0. The van der Waals surface area contributed by atoms with Gasteiger partial charge in [0.1, 0.15) is 6.10 Å². The highest BCUT2D eigenvalue weighted by molar-refractivity contribution is 5.91. The van der Waals surface area contributed by atoms with Crippen molar-refractivity contribution in [2.75, 3.05) is 6.61 Å². The molecule has 0 aliphatic heterocycles. The molecule has 0 aliphatic rings. The van der Waals surface area contributed by atoms with E-state index in [1.165, 1.54) is 0 Å². The van der Waals surface area contributed by atoms with Gasteiger partial charge in [0.25, 0.3) is 0 Å². The molecule has 4 heteroatoms.